The third-order valence-corrected chi connectivity index (χ3v) is 7.93. The molecule has 2 aliphatic rings. The standard InChI is InChI=1S/C18H22N2O5S2/c1-10-6-11(2)17(12(3)7-10)20-13-8-27(24,25)9-14(13)26-18(20)19-15(21)4-5-16(22)23/h6-7,13-14H,4-5,8-9H2,1-3H3,(H,22,23)/t13-,14+/m1/s1. The highest BCUT2D eigenvalue weighted by Gasteiger charge is 2.50. The number of aliphatic imine (C=N–C) groups is 1. The fourth-order valence-electron chi connectivity index (χ4n) is 3.75. The first kappa shape index (κ1) is 19.9. The zero-order valence-electron chi connectivity index (χ0n) is 15.4. The molecule has 0 aromatic heterocycles. The number of hydrogen-bond donors (Lipinski definition) is 1. The molecule has 27 heavy (non-hydrogen) atoms. The van der Waals surface area contributed by atoms with Crippen molar-refractivity contribution in [1.82, 2.24) is 0 Å². The molecule has 0 aliphatic carbocycles. The van der Waals surface area contributed by atoms with Crippen LogP contribution in [0.2, 0.25) is 0 Å². The second-order valence-electron chi connectivity index (χ2n) is 7.10. The summed E-state index contributed by atoms with van der Waals surface area (Å²) in [5.74, 6) is -1.46. The number of aryl methyl sites for hydroxylation is 3. The van der Waals surface area contributed by atoms with Crippen LogP contribution in [-0.2, 0) is 19.4 Å². The van der Waals surface area contributed by atoms with Crippen molar-refractivity contribution in [2.24, 2.45) is 4.99 Å². The van der Waals surface area contributed by atoms with E-state index in [9.17, 15) is 18.0 Å². The summed E-state index contributed by atoms with van der Waals surface area (Å²) >= 11 is 1.30. The highest BCUT2D eigenvalue weighted by atomic mass is 32.2. The number of carbonyl (C=O) groups excluding carboxylic acids is 1. The number of aliphatic carboxylic acids is 1. The van der Waals surface area contributed by atoms with Crippen LogP contribution < -0.4 is 4.90 Å². The normalized spacial score (nSPS) is 25.0. The summed E-state index contributed by atoms with van der Waals surface area (Å²) < 4.78 is 24.3. The number of carbonyl (C=O) groups is 2. The van der Waals surface area contributed by atoms with Gasteiger partial charge in [-0.15, -0.1) is 0 Å². The van der Waals surface area contributed by atoms with E-state index < -0.39 is 21.7 Å². The first-order valence-corrected chi connectivity index (χ1v) is 11.3. The number of thioether (sulfide) groups is 1. The van der Waals surface area contributed by atoms with Crippen molar-refractivity contribution in [1.29, 1.82) is 0 Å². The number of anilines is 1. The lowest BCUT2D eigenvalue weighted by molar-refractivity contribution is -0.138. The van der Waals surface area contributed by atoms with Gasteiger partial charge in [0.1, 0.15) is 0 Å². The van der Waals surface area contributed by atoms with E-state index in [0.717, 1.165) is 22.4 Å². The lowest BCUT2D eigenvalue weighted by Gasteiger charge is -2.28. The zero-order valence-corrected chi connectivity index (χ0v) is 17.1. The number of amides is 1. The number of amidine groups is 1. The molecule has 2 heterocycles. The van der Waals surface area contributed by atoms with Crippen LogP contribution in [0.25, 0.3) is 0 Å². The second kappa shape index (κ2) is 7.27. The number of benzene rings is 1. The van der Waals surface area contributed by atoms with Gasteiger partial charge in [-0.3, -0.25) is 9.59 Å². The van der Waals surface area contributed by atoms with E-state index in [0.29, 0.717) is 5.17 Å². The summed E-state index contributed by atoms with van der Waals surface area (Å²) in [7, 11) is -3.13. The highest BCUT2D eigenvalue weighted by molar-refractivity contribution is 8.16. The Balaban J connectivity index is 2.02. The fraction of sp³-hybridized carbons (Fsp3) is 0.500. The molecular weight excluding hydrogens is 388 g/mol. The molecule has 0 unspecified atom stereocenters. The maximum atomic E-state index is 12.1. The van der Waals surface area contributed by atoms with Crippen molar-refractivity contribution in [3.8, 4) is 0 Å². The number of carboxylic acids is 1. The van der Waals surface area contributed by atoms with E-state index in [4.69, 9.17) is 5.11 Å². The predicted octanol–water partition coefficient (Wildman–Crippen LogP) is 2.08. The summed E-state index contributed by atoms with van der Waals surface area (Å²) in [6.07, 6.45) is -0.448. The lowest BCUT2D eigenvalue weighted by Crippen LogP contribution is -2.38. The van der Waals surface area contributed by atoms with Gasteiger partial charge >= 0.3 is 5.97 Å². The monoisotopic (exact) mass is 410 g/mol. The minimum Gasteiger partial charge on any atom is -0.481 e. The molecule has 1 aromatic rings. The van der Waals surface area contributed by atoms with Gasteiger partial charge < -0.3 is 10.0 Å². The van der Waals surface area contributed by atoms with E-state index in [1.54, 1.807) is 0 Å². The van der Waals surface area contributed by atoms with E-state index in [-0.39, 0.29) is 35.6 Å². The van der Waals surface area contributed by atoms with Crippen LogP contribution >= 0.6 is 11.8 Å². The van der Waals surface area contributed by atoms with Gasteiger partial charge in [0.2, 0.25) is 5.91 Å². The van der Waals surface area contributed by atoms with E-state index in [1.165, 1.54) is 11.8 Å². The molecule has 1 N–H and O–H groups in total. The number of carboxylic acid groups (broad SMARTS) is 1. The SMILES string of the molecule is Cc1cc(C)c(N2C(=NC(=O)CCC(=O)O)S[C@H]3CS(=O)(=O)C[C@H]32)c(C)c1. The van der Waals surface area contributed by atoms with Gasteiger partial charge in [-0.05, 0) is 31.9 Å². The number of sulfone groups is 1. The van der Waals surface area contributed by atoms with Crippen LogP contribution in [0.15, 0.2) is 17.1 Å². The quantitative estimate of drug-likeness (QED) is 0.810. The molecular formula is C18H22N2O5S2. The number of fused-ring (bicyclic) bond motifs is 1. The van der Waals surface area contributed by atoms with Crippen LogP contribution in [0.3, 0.4) is 0 Å². The smallest absolute Gasteiger partial charge is 0.303 e. The summed E-state index contributed by atoms with van der Waals surface area (Å²) in [4.78, 5) is 28.9. The van der Waals surface area contributed by atoms with Crippen molar-refractivity contribution < 1.29 is 23.1 Å². The molecule has 146 valence electrons. The Hall–Kier alpha value is -1.87. The van der Waals surface area contributed by atoms with E-state index in [1.807, 2.05) is 37.8 Å². The van der Waals surface area contributed by atoms with E-state index >= 15 is 0 Å². The van der Waals surface area contributed by atoms with Crippen molar-refractivity contribution in [3.05, 3.63) is 28.8 Å². The van der Waals surface area contributed by atoms with Gasteiger partial charge in [0, 0.05) is 17.4 Å². The van der Waals surface area contributed by atoms with Gasteiger partial charge in [0.05, 0.1) is 24.0 Å². The van der Waals surface area contributed by atoms with E-state index in [2.05, 4.69) is 4.99 Å². The molecule has 3 rings (SSSR count). The Morgan fingerprint density at radius 3 is 2.41 bits per heavy atom. The topological polar surface area (TPSA) is 104 Å². The molecule has 0 bridgehead atoms. The molecule has 7 nitrogen and oxygen atoms in total. The number of nitrogens with zero attached hydrogens (tertiary/aromatic N) is 2. The molecule has 0 radical (unpaired) electrons. The third-order valence-electron chi connectivity index (χ3n) is 4.72. The molecule has 2 fully saturated rings. The molecule has 2 aliphatic heterocycles. The molecule has 0 spiro atoms. The van der Waals surface area contributed by atoms with Crippen LogP contribution in [0, 0.1) is 20.8 Å². The average Bonchev–Trinajstić information content (AvgIpc) is 2.97. The summed E-state index contributed by atoms with van der Waals surface area (Å²) in [6.45, 7) is 5.91. The van der Waals surface area contributed by atoms with Gasteiger partial charge in [-0.25, -0.2) is 8.42 Å². The lowest BCUT2D eigenvalue weighted by atomic mass is 10.0. The van der Waals surface area contributed by atoms with Gasteiger partial charge in [-0.2, -0.15) is 4.99 Å². The van der Waals surface area contributed by atoms with Crippen LogP contribution in [0.4, 0.5) is 5.69 Å². The molecule has 9 heteroatoms. The molecule has 0 saturated carbocycles. The Labute approximate surface area is 162 Å². The van der Waals surface area contributed by atoms with Crippen molar-refractivity contribution in [2.75, 3.05) is 16.4 Å². The van der Waals surface area contributed by atoms with Crippen LogP contribution in [-0.4, -0.2) is 53.4 Å². The number of hydrogen-bond acceptors (Lipinski definition) is 5. The Bertz CT molecular complexity index is 916. The van der Waals surface area contributed by atoms with Gasteiger partial charge in [0.15, 0.2) is 15.0 Å². The molecule has 1 amide bonds. The first-order chi connectivity index (χ1) is 12.6. The summed E-state index contributed by atoms with van der Waals surface area (Å²) in [5.41, 5.74) is 3.96. The summed E-state index contributed by atoms with van der Waals surface area (Å²) in [6, 6.07) is 3.77. The van der Waals surface area contributed by atoms with Crippen LogP contribution in [0.5, 0.6) is 0 Å². The maximum Gasteiger partial charge on any atom is 0.303 e. The van der Waals surface area contributed by atoms with Crippen molar-refractivity contribution >= 4 is 44.3 Å². The van der Waals surface area contributed by atoms with Gasteiger partial charge in [0.25, 0.3) is 0 Å². The average molecular weight is 411 g/mol. The van der Waals surface area contributed by atoms with Gasteiger partial charge in [-0.1, -0.05) is 29.5 Å². The third kappa shape index (κ3) is 4.19. The van der Waals surface area contributed by atoms with Crippen LogP contribution in [0.1, 0.15) is 29.5 Å². The Kier molecular flexibility index (Phi) is 5.36. The molecule has 1 aromatic carbocycles. The zero-order chi connectivity index (χ0) is 19.9. The second-order valence-corrected chi connectivity index (χ2v) is 10.5. The van der Waals surface area contributed by atoms with Crippen molar-refractivity contribution in [2.45, 2.75) is 44.9 Å². The fourth-order valence-corrected chi connectivity index (χ4v) is 7.67. The Morgan fingerprint density at radius 1 is 1.19 bits per heavy atom. The predicted molar refractivity (Wildman–Crippen MR) is 106 cm³/mol. The maximum absolute atomic E-state index is 12.1. The Morgan fingerprint density at radius 2 is 1.81 bits per heavy atom. The summed E-state index contributed by atoms with van der Waals surface area (Å²) in [5, 5.41) is 9.04. The van der Waals surface area contributed by atoms with Crippen molar-refractivity contribution in [3.63, 3.8) is 0 Å². The molecule has 2 saturated heterocycles. The molecule has 2 atom stereocenters. The minimum atomic E-state index is -3.13. The number of rotatable bonds is 4. The largest absolute Gasteiger partial charge is 0.481 e. The minimum absolute atomic E-state index is 0.0275. The highest BCUT2D eigenvalue weighted by Crippen LogP contribution is 2.43. The first-order valence-electron chi connectivity index (χ1n) is 8.65.